The molecule has 0 N–H and O–H groups in total. The molecular weight excluding hydrogens is 207 g/mol. The molecule has 0 atom stereocenters. The normalized spacial score (nSPS) is 11.2. The van der Waals surface area contributed by atoms with Gasteiger partial charge in [0.15, 0.2) is 0 Å². The third-order valence-corrected chi connectivity index (χ3v) is 1.75. The van der Waals surface area contributed by atoms with E-state index >= 15 is 0 Å². The summed E-state index contributed by atoms with van der Waals surface area (Å²) in [7, 11) is 0. The summed E-state index contributed by atoms with van der Waals surface area (Å²) < 4.78 is 37.0. The minimum Gasteiger partial charge on any atom is -0.448 e. The number of imidazole rings is 1. The van der Waals surface area contributed by atoms with Gasteiger partial charge in [0.25, 0.3) is 0 Å². The molecule has 0 aliphatic carbocycles. The molecule has 1 rings (SSSR count). The molecule has 7 heteroatoms. The molecule has 0 saturated heterocycles. The first-order valence-electron chi connectivity index (χ1n) is 3.59. The van der Waals surface area contributed by atoms with Crippen molar-refractivity contribution in [2.45, 2.75) is 20.3 Å². The van der Waals surface area contributed by atoms with Crippen LogP contribution in [0.2, 0.25) is 0 Å². The van der Waals surface area contributed by atoms with Gasteiger partial charge in [-0.2, -0.15) is 0 Å². The van der Waals surface area contributed by atoms with E-state index in [1.807, 2.05) is 0 Å². The van der Waals surface area contributed by atoms with Gasteiger partial charge in [0.05, 0.1) is 12.0 Å². The molecule has 0 bridgehead atoms. The number of aryl methyl sites for hydroxylation is 1. The zero-order chi connectivity index (χ0) is 9.35. The Morgan fingerprint density at radius 3 is 2.23 bits per heavy atom. The molecule has 0 aromatic carbocycles. The predicted octanol–water partition coefficient (Wildman–Crippen LogP) is -1.11. The van der Waals surface area contributed by atoms with Gasteiger partial charge in [0.2, 0.25) is 0 Å². The molecule has 2 nitrogen and oxygen atoms in total. The van der Waals surface area contributed by atoms with Crippen LogP contribution in [0.4, 0.5) is 12.9 Å². The average molecular weight is 216 g/mol. The van der Waals surface area contributed by atoms with E-state index in [-0.39, 0.29) is 51.4 Å². The molecule has 1 aromatic rings. The molecule has 1 heterocycles. The first-order chi connectivity index (χ1) is 5.40. The SMILES string of the molecule is Cc1ncn(C[B-](F)(F)F)c1C.[K+]. The molecule has 0 unspecified atom stereocenters. The number of aromatic nitrogens is 2. The average Bonchev–Trinajstić information content (AvgIpc) is 2.16. The number of rotatable bonds is 2. The molecular formula is C6H9BF3KN2. The van der Waals surface area contributed by atoms with E-state index in [4.69, 9.17) is 0 Å². The van der Waals surface area contributed by atoms with Crippen molar-refractivity contribution >= 4 is 6.98 Å². The predicted molar refractivity (Wildman–Crippen MR) is 40.8 cm³/mol. The van der Waals surface area contributed by atoms with Crippen molar-refractivity contribution in [3.05, 3.63) is 17.7 Å². The maximum atomic E-state index is 11.9. The van der Waals surface area contributed by atoms with Gasteiger partial charge in [0.1, 0.15) is 0 Å². The molecule has 0 saturated carbocycles. The second-order valence-electron chi connectivity index (χ2n) is 2.78. The Hall–Kier alpha value is 0.701. The Kier molecular flexibility index (Phi) is 5.24. The van der Waals surface area contributed by atoms with Crippen LogP contribution in [0.5, 0.6) is 0 Å². The van der Waals surface area contributed by atoms with E-state index < -0.39 is 13.4 Å². The smallest absolute Gasteiger partial charge is 0.448 e. The maximum absolute atomic E-state index is 11.9. The number of hydrogen-bond acceptors (Lipinski definition) is 1. The molecule has 0 radical (unpaired) electrons. The van der Waals surface area contributed by atoms with Gasteiger partial charge in [-0.3, -0.25) is 0 Å². The summed E-state index contributed by atoms with van der Waals surface area (Å²) >= 11 is 0. The minimum absolute atomic E-state index is 0. The van der Waals surface area contributed by atoms with Crippen molar-refractivity contribution in [3.8, 4) is 0 Å². The van der Waals surface area contributed by atoms with Gasteiger partial charge < -0.3 is 17.5 Å². The Labute approximate surface area is 117 Å². The van der Waals surface area contributed by atoms with Gasteiger partial charge in [-0.15, -0.1) is 0 Å². The van der Waals surface area contributed by atoms with Crippen LogP contribution < -0.4 is 51.4 Å². The first kappa shape index (κ1) is 13.7. The van der Waals surface area contributed by atoms with Gasteiger partial charge >= 0.3 is 58.4 Å². The number of halogens is 3. The molecule has 1 aromatic heterocycles. The Bertz CT molecular complexity index is 284. The molecule has 68 valence electrons. The largest absolute Gasteiger partial charge is 1.00 e. The molecule has 0 amide bonds. The fraction of sp³-hybridized carbons (Fsp3) is 0.500. The van der Waals surface area contributed by atoms with Crippen molar-refractivity contribution in [2.75, 3.05) is 0 Å². The molecule has 0 aliphatic heterocycles. The zero-order valence-corrected chi connectivity index (χ0v) is 11.0. The second-order valence-corrected chi connectivity index (χ2v) is 2.78. The minimum atomic E-state index is -4.76. The van der Waals surface area contributed by atoms with Crippen LogP contribution in [-0.4, -0.2) is 16.5 Å². The number of nitrogens with zero attached hydrogens (tertiary/aromatic N) is 2. The van der Waals surface area contributed by atoms with E-state index in [1.54, 1.807) is 13.8 Å². The summed E-state index contributed by atoms with van der Waals surface area (Å²) in [5.41, 5.74) is 1.23. The Morgan fingerprint density at radius 2 is 1.92 bits per heavy atom. The summed E-state index contributed by atoms with van der Waals surface area (Å²) in [5, 5.41) is 0. The first-order valence-corrected chi connectivity index (χ1v) is 3.59. The van der Waals surface area contributed by atoms with Gasteiger partial charge in [-0.1, -0.05) is 0 Å². The van der Waals surface area contributed by atoms with E-state index in [2.05, 4.69) is 4.98 Å². The van der Waals surface area contributed by atoms with Crippen molar-refractivity contribution in [3.63, 3.8) is 0 Å². The molecule has 0 spiro atoms. The van der Waals surface area contributed by atoms with Crippen LogP contribution in [0.25, 0.3) is 0 Å². The summed E-state index contributed by atoms with van der Waals surface area (Å²) in [6.45, 7) is -1.45. The van der Waals surface area contributed by atoms with E-state index in [0.717, 1.165) is 4.57 Å². The van der Waals surface area contributed by atoms with Crippen LogP contribution in [0.3, 0.4) is 0 Å². The summed E-state index contributed by atoms with van der Waals surface area (Å²) in [5.74, 6) is 0. The van der Waals surface area contributed by atoms with E-state index in [0.29, 0.717) is 11.4 Å². The molecule has 0 fully saturated rings. The van der Waals surface area contributed by atoms with Gasteiger partial charge in [0, 0.05) is 5.69 Å². The van der Waals surface area contributed by atoms with Gasteiger partial charge in [-0.05, 0) is 20.3 Å². The van der Waals surface area contributed by atoms with Crippen molar-refractivity contribution in [2.24, 2.45) is 0 Å². The van der Waals surface area contributed by atoms with Crippen molar-refractivity contribution < 1.29 is 64.3 Å². The Morgan fingerprint density at radius 1 is 1.38 bits per heavy atom. The summed E-state index contributed by atoms with van der Waals surface area (Å²) in [6, 6.07) is 0. The molecule has 13 heavy (non-hydrogen) atoms. The second kappa shape index (κ2) is 4.97. The van der Waals surface area contributed by atoms with Gasteiger partial charge in [-0.25, -0.2) is 4.98 Å². The van der Waals surface area contributed by atoms with E-state index in [9.17, 15) is 12.9 Å². The van der Waals surface area contributed by atoms with Crippen LogP contribution >= 0.6 is 0 Å². The van der Waals surface area contributed by atoms with Crippen molar-refractivity contribution in [1.82, 2.24) is 9.55 Å². The topological polar surface area (TPSA) is 17.8 Å². The van der Waals surface area contributed by atoms with Crippen LogP contribution in [0.15, 0.2) is 6.33 Å². The molecule has 0 aliphatic rings. The van der Waals surface area contributed by atoms with E-state index in [1.165, 1.54) is 6.33 Å². The Balaban J connectivity index is 0.00000144. The zero-order valence-electron chi connectivity index (χ0n) is 7.89. The third kappa shape index (κ3) is 4.16. The fourth-order valence-corrected chi connectivity index (χ4v) is 0.951. The third-order valence-electron chi connectivity index (χ3n) is 1.75. The fourth-order valence-electron chi connectivity index (χ4n) is 0.951. The monoisotopic (exact) mass is 216 g/mol. The summed E-state index contributed by atoms with van der Waals surface area (Å²) in [6.07, 6.45) is 0.326. The summed E-state index contributed by atoms with van der Waals surface area (Å²) in [4.78, 5) is 3.77. The van der Waals surface area contributed by atoms with Crippen molar-refractivity contribution in [1.29, 1.82) is 0 Å². The van der Waals surface area contributed by atoms with Crippen LogP contribution in [0, 0.1) is 13.8 Å². The number of hydrogen-bond donors (Lipinski definition) is 0. The standard InChI is InChI=1S/C6H9BF3N2.K/c1-5-6(2)12(4-11-5)3-7(8,9)10;/h4H,3H2,1-2H3;/q-1;+1. The van der Waals surface area contributed by atoms with Crippen LogP contribution in [-0.2, 0) is 6.44 Å². The maximum Gasteiger partial charge on any atom is 1.00 e. The van der Waals surface area contributed by atoms with Crippen LogP contribution in [0.1, 0.15) is 11.4 Å². The quantitative estimate of drug-likeness (QED) is 0.573.